The molecule has 0 unspecified atom stereocenters. The van der Waals surface area contributed by atoms with Crippen LogP contribution in [0.4, 0.5) is 0 Å². The molecule has 0 bridgehead atoms. The smallest absolute Gasteiger partial charge is 0.341 e. The molecule has 0 saturated carbocycles. The lowest BCUT2D eigenvalue weighted by Gasteiger charge is -2.06. The van der Waals surface area contributed by atoms with Gasteiger partial charge < -0.3 is 9.84 Å². The van der Waals surface area contributed by atoms with Gasteiger partial charge in [0.15, 0.2) is 0 Å². The van der Waals surface area contributed by atoms with Crippen LogP contribution in [0.25, 0.3) is 0 Å². The number of aromatic hydroxyl groups is 1. The number of phenolic OH excluding ortho intramolecular Hbond substituents is 1. The molecule has 0 aliphatic carbocycles. The summed E-state index contributed by atoms with van der Waals surface area (Å²) in [5.41, 5.74) is 0.251. The van der Waals surface area contributed by atoms with Crippen LogP contribution >= 0.6 is 0 Å². The Morgan fingerprint density at radius 2 is 1.03 bits per heavy atom. The van der Waals surface area contributed by atoms with Crippen LogP contribution in [0.15, 0.2) is 24.3 Å². The van der Waals surface area contributed by atoms with Gasteiger partial charge in [0.05, 0.1) is 6.61 Å². The van der Waals surface area contributed by atoms with Gasteiger partial charge in [0.2, 0.25) is 0 Å². The van der Waals surface area contributed by atoms with Crippen LogP contribution in [0.2, 0.25) is 0 Å². The largest absolute Gasteiger partial charge is 0.507 e. The SMILES string of the molecule is CC(C)CCCCCCCCCCCCCCCCCCCCCOC(=O)c1ccccc1O. The Morgan fingerprint density at radius 3 is 1.44 bits per heavy atom. The Morgan fingerprint density at radius 1 is 0.647 bits per heavy atom. The third-order valence-electron chi connectivity index (χ3n) is 6.78. The van der Waals surface area contributed by atoms with Gasteiger partial charge in [0, 0.05) is 0 Å². The molecule has 0 heterocycles. The Balaban J connectivity index is 1.73. The van der Waals surface area contributed by atoms with Crippen LogP contribution in [-0.4, -0.2) is 17.7 Å². The molecule has 34 heavy (non-hydrogen) atoms. The Labute approximate surface area is 211 Å². The third kappa shape index (κ3) is 17.9. The first-order valence-corrected chi connectivity index (χ1v) is 14.6. The molecule has 0 aliphatic heterocycles. The quantitative estimate of drug-likeness (QED) is 0.127. The average molecular weight is 475 g/mol. The molecule has 0 amide bonds. The fourth-order valence-corrected chi connectivity index (χ4v) is 4.55. The summed E-state index contributed by atoms with van der Waals surface area (Å²) in [4.78, 5) is 11.9. The van der Waals surface area contributed by atoms with Gasteiger partial charge in [-0.05, 0) is 24.5 Å². The molecule has 0 saturated heterocycles. The minimum absolute atomic E-state index is 0.0129. The van der Waals surface area contributed by atoms with Gasteiger partial charge in [0.1, 0.15) is 11.3 Å². The third-order valence-corrected chi connectivity index (χ3v) is 6.78. The molecule has 0 aromatic heterocycles. The number of hydrogen-bond donors (Lipinski definition) is 1. The number of esters is 1. The van der Waals surface area contributed by atoms with Crippen LogP contribution < -0.4 is 0 Å². The second kappa shape index (κ2) is 22.0. The molecular weight excluding hydrogens is 420 g/mol. The van der Waals surface area contributed by atoms with Crippen molar-refractivity contribution in [3.05, 3.63) is 29.8 Å². The van der Waals surface area contributed by atoms with Crippen molar-refractivity contribution in [2.24, 2.45) is 5.92 Å². The zero-order valence-electron chi connectivity index (χ0n) is 22.5. The second-order valence-electron chi connectivity index (χ2n) is 10.6. The maximum absolute atomic E-state index is 11.9. The molecular formula is C31H54O3. The topological polar surface area (TPSA) is 46.5 Å². The number of phenols is 1. The second-order valence-corrected chi connectivity index (χ2v) is 10.6. The fraction of sp³-hybridized carbons (Fsp3) is 0.774. The van der Waals surface area contributed by atoms with E-state index < -0.39 is 5.97 Å². The average Bonchev–Trinajstić information content (AvgIpc) is 2.82. The minimum atomic E-state index is -0.430. The van der Waals surface area contributed by atoms with Gasteiger partial charge >= 0.3 is 5.97 Å². The summed E-state index contributed by atoms with van der Waals surface area (Å²) in [6.07, 6.45) is 27.2. The predicted octanol–water partition coefficient (Wildman–Crippen LogP) is 10.0. The van der Waals surface area contributed by atoms with Crippen LogP contribution in [0.1, 0.15) is 153 Å². The zero-order chi connectivity index (χ0) is 24.7. The van der Waals surface area contributed by atoms with Crippen molar-refractivity contribution in [1.82, 2.24) is 0 Å². The Bertz CT molecular complexity index is 596. The molecule has 0 spiro atoms. The first-order chi connectivity index (χ1) is 16.6. The maximum atomic E-state index is 11.9. The Hall–Kier alpha value is -1.51. The predicted molar refractivity (Wildman–Crippen MR) is 146 cm³/mol. The Kier molecular flexibility index (Phi) is 19.7. The van der Waals surface area contributed by atoms with E-state index in [9.17, 15) is 9.90 Å². The lowest BCUT2D eigenvalue weighted by molar-refractivity contribution is 0.0494. The molecule has 1 rings (SSSR count). The van der Waals surface area contributed by atoms with Crippen molar-refractivity contribution in [1.29, 1.82) is 0 Å². The van der Waals surface area contributed by atoms with Gasteiger partial charge in [-0.25, -0.2) is 4.79 Å². The summed E-state index contributed by atoms with van der Waals surface area (Å²) in [7, 11) is 0. The van der Waals surface area contributed by atoms with E-state index in [2.05, 4.69) is 13.8 Å². The number of carbonyl (C=O) groups is 1. The monoisotopic (exact) mass is 474 g/mol. The summed E-state index contributed by atoms with van der Waals surface area (Å²) < 4.78 is 5.25. The van der Waals surface area contributed by atoms with Crippen molar-refractivity contribution in [2.45, 2.75) is 142 Å². The van der Waals surface area contributed by atoms with E-state index in [0.717, 1.165) is 18.8 Å². The number of rotatable bonds is 23. The molecule has 196 valence electrons. The van der Waals surface area contributed by atoms with Crippen molar-refractivity contribution < 1.29 is 14.6 Å². The van der Waals surface area contributed by atoms with Crippen LogP contribution in [0.5, 0.6) is 5.75 Å². The normalized spacial score (nSPS) is 11.3. The van der Waals surface area contributed by atoms with E-state index in [4.69, 9.17) is 4.74 Å². The molecule has 1 aromatic rings. The number of benzene rings is 1. The van der Waals surface area contributed by atoms with E-state index in [1.807, 2.05) is 0 Å². The molecule has 3 heteroatoms. The van der Waals surface area contributed by atoms with Crippen molar-refractivity contribution >= 4 is 5.97 Å². The van der Waals surface area contributed by atoms with E-state index >= 15 is 0 Å². The highest BCUT2D eigenvalue weighted by Crippen LogP contribution is 2.18. The molecule has 0 radical (unpaired) electrons. The number of ether oxygens (including phenoxy) is 1. The minimum Gasteiger partial charge on any atom is -0.507 e. The van der Waals surface area contributed by atoms with Crippen LogP contribution in [0, 0.1) is 5.92 Å². The highest BCUT2D eigenvalue weighted by Gasteiger charge is 2.10. The van der Waals surface area contributed by atoms with Crippen molar-refractivity contribution in [3.8, 4) is 5.75 Å². The van der Waals surface area contributed by atoms with Crippen molar-refractivity contribution in [2.75, 3.05) is 6.61 Å². The lowest BCUT2D eigenvalue weighted by atomic mass is 10.0. The highest BCUT2D eigenvalue weighted by molar-refractivity contribution is 5.92. The maximum Gasteiger partial charge on any atom is 0.341 e. The summed E-state index contributed by atoms with van der Waals surface area (Å²) in [6, 6.07) is 6.53. The standard InChI is InChI=1S/C31H54O3/c1-28(2)24-20-18-16-14-12-10-8-6-4-3-5-7-9-11-13-15-17-19-23-27-34-31(33)29-25-21-22-26-30(29)32/h21-22,25-26,28,32H,3-20,23-24,27H2,1-2H3. The van der Waals surface area contributed by atoms with Gasteiger partial charge in [-0.2, -0.15) is 0 Å². The lowest BCUT2D eigenvalue weighted by Crippen LogP contribution is -2.06. The summed E-state index contributed by atoms with van der Waals surface area (Å²) in [6.45, 7) is 5.09. The highest BCUT2D eigenvalue weighted by atomic mass is 16.5. The van der Waals surface area contributed by atoms with E-state index in [0.29, 0.717) is 6.61 Å². The first kappa shape index (κ1) is 30.5. The zero-order valence-corrected chi connectivity index (χ0v) is 22.5. The molecule has 0 fully saturated rings. The number of hydrogen-bond acceptors (Lipinski definition) is 3. The van der Waals surface area contributed by atoms with Gasteiger partial charge in [-0.15, -0.1) is 0 Å². The number of unbranched alkanes of at least 4 members (excludes halogenated alkanes) is 18. The number of carbonyl (C=O) groups excluding carboxylic acids is 1. The summed E-state index contributed by atoms with van der Waals surface area (Å²) >= 11 is 0. The van der Waals surface area contributed by atoms with Crippen molar-refractivity contribution in [3.63, 3.8) is 0 Å². The molecule has 3 nitrogen and oxygen atoms in total. The van der Waals surface area contributed by atoms with E-state index in [1.54, 1.807) is 18.2 Å². The molecule has 1 aromatic carbocycles. The number of para-hydroxylation sites is 1. The van der Waals surface area contributed by atoms with E-state index in [-0.39, 0.29) is 11.3 Å². The first-order valence-electron chi connectivity index (χ1n) is 14.6. The van der Waals surface area contributed by atoms with Crippen LogP contribution in [0.3, 0.4) is 0 Å². The van der Waals surface area contributed by atoms with E-state index in [1.165, 1.54) is 122 Å². The summed E-state index contributed by atoms with van der Waals surface area (Å²) in [5.74, 6) is 0.433. The molecule has 0 atom stereocenters. The fourth-order valence-electron chi connectivity index (χ4n) is 4.55. The summed E-state index contributed by atoms with van der Waals surface area (Å²) in [5, 5.41) is 9.66. The van der Waals surface area contributed by atoms with Gasteiger partial charge in [-0.3, -0.25) is 0 Å². The van der Waals surface area contributed by atoms with Crippen LogP contribution in [-0.2, 0) is 4.74 Å². The van der Waals surface area contributed by atoms with Gasteiger partial charge in [0.25, 0.3) is 0 Å². The van der Waals surface area contributed by atoms with Gasteiger partial charge in [-0.1, -0.05) is 148 Å². The molecule has 1 N–H and O–H groups in total. The molecule has 0 aliphatic rings.